The largest absolute Gasteiger partial charge is 0.388 e. The number of carbonyl (C=O) groups is 1. The second kappa shape index (κ2) is 7.29. The Labute approximate surface area is 162 Å². The van der Waals surface area contributed by atoms with Gasteiger partial charge in [-0.05, 0) is 31.0 Å². The highest BCUT2D eigenvalue weighted by atomic mass is 35.5. The molecule has 0 radical (unpaired) electrons. The monoisotopic (exact) mass is 384 g/mol. The average molecular weight is 385 g/mol. The predicted octanol–water partition coefficient (Wildman–Crippen LogP) is 3.50. The van der Waals surface area contributed by atoms with E-state index in [1.807, 2.05) is 12.1 Å². The average Bonchev–Trinajstić information content (AvgIpc) is 3.09. The lowest BCUT2D eigenvalue weighted by Crippen LogP contribution is -2.44. The number of benzene rings is 1. The molecule has 2 N–H and O–H groups in total. The Morgan fingerprint density at radius 3 is 2.67 bits per heavy atom. The molecule has 1 fully saturated rings. The van der Waals surface area contributed by atoms with Crippen LogP contribution >= 0.6 is 11.6 Å². The first-order valence-corrected chi connectivity index (χ1v) is 9.53. The van der Waals surface area contributed by atoms with Gasteiger partial charge in [0.25, 0.3) is 5.91 Å². The highest BCUT2D eigenvalue weighted by Gasteiger charge is 2.30. The summed E-state index contributed by atoms with van der Waals surface area (Å²) in [5.41, 5.74) is 0.385. The van der Waals surface area contributed by atoms with Gasteiger partial charge in [0.2, 0.25) is 5.95 Å². The molecule has 140 valence electrons. The molecular formula is C20H21ClN4O2. The zero-order valence-corrected chi connectivity index (χ0v) is 15.6. The van der Waals surface area contributed by atoms with Crippen LogP contribution in [0.3, 0.4) is 0 Å². The number of nitrogens with zero attached hydrogens (tertiary/aromatic N) is 3. The minimum Gasteiger partial charge on any atom is -0.388 e. The Bertz CT molecular complexity index is 965. The van der Waals surface area contributed by atoms with Crippen molar-refractivity contribution in [2.24, 2.45) is 0 Å². The zero-order chi connectivity index (χ0) is 18.9. The molecule has 0 unspecified atom stereocenters. The van der Waals surface area contributed by atoms with Crippen LogP contribution < -0.4 is 5.32 Å². The van der Waals surface area contributed by atoms with Gasteiger partial charge in [-0.3, -0.25) is 9.36 Å². The highest BCUT2D eigenvalue weighted by molar-refractivity contribution is 6.37. The fourth-order valence-electron chi connectivity index (χ4n) is 3.72. The van der Waals surface area contributed by atoms with Crippen LogP contribution in [0.5, 0.6) is 0 Å². The summed E-state index contributed by atoms with van der Waals surface area (Å²) in [4.78, 5) is 21.4. The molecule has 0 atom stereocenters. The molecule has 0 bridgehead atoms. The second-order valence-electron chi connectivity index (χ2n) is 7.06. The van der Waals surface area contributed by atoms with E-state index in [1.165, 1.54) is 0 Å². The summed E-state index contributed by atoms with van der Waals surface area (Å²) >= 11 is 6.40. The number of aromatic nitrogens is 3. The molecule has 1 aliphatic rings. The Morgan fingerprint density at radius 1 is 1.19 bits per heavy atom. The van der Waals surface area contributed by atoms with E-state index in [1.54, 1.807) is 35.3 Å². The quantitative estimate of drug-likeness (QED) is 0.721. The first-order chi connectivity index (χ1) is 13.1. The van der Waals surface area contributed by atoms with E-state index in [0.29, 0.717) is 34.8 Å². The van der Waals surface area contributed by atoms with Gasteiger partial charge in [-0.15, -0.1) is 0 Å². The number of hydrogen-bond acceptors (Lipinski definition) is 4. The first-order valence-electron chi connectivity index (χ1n) is 9.15. The maximum Gasteiger partial charge on any atom is 0.253 e. The van der Waals surface area contributed by atoms with Crippen LogP contribution in [0.25, 0.3) is 16.9 Å². The molecule has 27 heavy (non-hydrogen) atoms. The van der Waals surface area contributed by atoms with E-state index in [9.17, 15) is 9.90 Å². The molecule has 1 saturated carbocycles. The number of fused-ring (bicyclic) bond motifs is 1. The molecule has 2 aromatic heterocycles. The number of halogens is 1. The summed E-state index contributed by atoms with van der Waals surface area (Å²) in [6, 6.07) is 7.20. The lowest BCUT2D eigenvalue weighted by atomic mass is 9.85. The fraction of sp³-hybridized carbons (Fsp3) is 0.350. The molecular weight excluding hydrogens is 364 g/mol. The number of amides is 1. The second-order valence-corrected chi connectivity index (χ2v) is 7.47. The Balaban J connectivity index is 1.68. The van der Waals surface area contributed by atoms with E-state index in [2.05, 4.69) is 15.3 Å². The minimum absolute atomic E-state index is 0.241. The lowest BCUT2D eigenvalue weighted by molar-refractivity contribution is 0.00527. The van der Waals surface area contributed by atoms with Crippen molar-refractivity contribution in [2.75, 3.05) is 6.54 Å². The minimum atomic E-state index is -0.821. The fourth-order valence-corrected chi connectivity index (χ4v) is 3.99. The van der Waals surface area contributed by atoms with Crippen molar-refractivity contribution < 1.29 is 9.90 Å². The van der Waals surface area contributed by atoms with Crippen LogP contribution in [0, 0.1) is 0 Å². The van der Waals surface area contributed by atoms with E-state index < -0.39 is 5.60 Å². The van der Waals surface area contributed by atoms with Crippen molar-refractivity contribution in [3.63, 3.8) is 0 Å². The van der Waals surface area contributed by atoms with E-state index >= 15 is 0 Å². The summed E-state index contributed by atoms with van der Waals surface area (Å²) in [6.45, 7) is 0.241. The summed E-state index contributed by atoms with van der Waals surface area (Å²) in [5.74, 6) is 0.205. The molecule has 4 rings (SSSR count). The van der Waals surface area contributed by atoms with Crippen molar-refractivity contribution in [1.82, 2.24) is 19.9 Å². The van der Waals surface area contributed by atoms with Crippen LogP contribution in [0.15, 0.2) is 42.9 Å². The van der Waals surface area contributed by atoms with Gasteiger partial charge in [-0.1, -0.05) is 36.9 Å². The van der Waals surface area contributed by atoms with E-state index in [0.717, 1.165) is 24.8 Å². The van der Waals surface area contributed by atoms with Gasteiger partial charge in [0.1, 0.15) is 0 Å². The van der Waals surface area contributed by atoms with E-state index in [4.69, 9.17) is 11.6 Å². The maximum atomic E-state index is 12.9. The molecule has 2 heterocycles. The standard InChI is InChI=1S/C20H21ClN4O2/c21-15-6-4-7-16-17(15)14(12-25(16)19-22-10-5-11-23-19)18(26)24-13-20(27)8-2-1-3-9-20/h4-7,10-12,27H,1-3,8-9,13H2,(H,24,26). The van der Waals surface area contributed by atoms with Crippen LogP contribution in [0.2, 0.25) is 5.02 Å². The molecule has 1 aliphatic carbocycles. The highest BCUT2D eigenvalue weighted by Crippen LogP contribution is 2.31. The van der Waals surface area contributed by atoms with Gasteiger partial charge in [0.15, 0.2) is 0 Å². The van der Waals surface area contributed by atoms with Crippen molar-refractivity contribution in [3.05, 3.63) is 53.4 Å². The van der Waals surface area contributed by atoms with E-state index in [-0.39, 0.29) is 12.5 Å². The molecule has 0 aliphatic heterocycles. The molecule has 0 spiro atoms. The molecule has 0 saturated heterocycles. The van der Waals surface area contributed by atoms with Gasteiger partial charge < -0.3 is 10.4 Å². The SMILES string of the molecule is O=C(NCC1(O)CCCCC1)c1cn(-c2ncccn2)c2cccc(Cl)c12. The lowest BCUT2D eigenvalue weighted by Gasteiger charge is -2.32. The third-order valence-corrected chi connectivity index (χ3v) is 5.47. The number of nitrogens with one attached hydrogen (secondary N) is 1. The van der Waals surface area contributed by atoms with Gasteiger partial charge in [-0.2, -0.15) is 0 Å². The van der Waals surface area contributed by atoms with Crippen LogP contribution in [-0.4, -0.2) is 37.7 Å². The molecule has 3 aromatic rings. The number of aliphatic hydroxyl groups is 1. The smallest absolute Gasteiger partial charge is 0.253 e. The first kappa shape index (κ1) is 17.9. The zero-order valence-electron chi connectivity index (χ0n) is 14.9. The summed E-state index contributed by atoms with van der Waals surface area (Å²) in [6.07, 6.45) is 9.55. The predicted molar refractivity (Wildman–Crippen MR) is 104 cm³/mol. The summed E-state index contributed by atoms with van der Waals surface area (Å²) in [5, 5.41) is 14.7. The van der Waals surface area contributed by atoms with Crippen LogP contribution in [0.1, 0.15) is 42.5 Å². The summed E-state index contributed by atoms with van der Waals surface area (Å²) in [7, 11) is 0. The maximum absolute atomic E-state index is 12.9. The van der Waals surface area contributed by atoms with Crippen molar-refractivity contribution in [1.29, 1.82) is 0 Å². The number of rotatable bonds is 4. The summed E-state index contributed by atoms with van der Waals surface area (Å²) < 4.78 is 1.76. The van der Waals surface area contributed by atoms with Gasteiger partial charge >= 0.3 is 0 Å². The molecule has 6 nitrogen and oxygen atoms in total. The molecule has 7 heteroatoms. The van der Waals surface area contributed by atoms with Gasteiger partial charge in [-0.25, -0.2) is 9.97 Å². The number of carbonyl (C=O) groups excluding carboxylic acids is 1. The van der Waals surface area contributed by atoms with Gasteiger partial charge in [0.05, 0.1) is 21.7 Å². The van der Waals surface area contributed by atoms with Crippen LogP contribution in [0.4, 0.5) is 0 Å². The van der Waals surface area contributed by atoms with Crippen molar-refractivity contribution in [2.45, 2.75) is 37.7 Å². The Kier molecular flexibility index (Phi) is 4.85. The number of hydrogen-bond donors (Lipinski definition) is 2. The third-order valence-electron chi connectivity index (χ3n) is 5.15. The molecule has 1 aromatic carbocycles. The normalized spacial score (nSPS) is 16.4. The third kappa shape index (κ3) is 3.55. The Morgan fingerprint density at radius 2 is 1.93 bits per heavy atom. The van der Waals surface area contributed by atoms with Crippen LogP contribution in [-0.2, 0) is 0 Å². The van der Waals surface area contributed by atoms with Crippen molar-refractivity contribution in [3.8, 4) is 5.95 Å². The Hall–Kier alpha value is -2.44. The topological polar surface area (TPSA) is 80.0 Å². The van der Waals surface area contributed by atoms with Gasteiger partial charge in [0, 0.05) is 30.5 Å². The molecule has 1 amide bonds. The van der Waals surface area contributed by atoms with Crippen molar-refractivity contribution >= 4 is 28.4 Å².